The maximum absolute atomic E-state index is 12.1. The fraction of sp³-hybridized carbons (Fsp3) is 0.417. The van der Waals surface area contributed by atoms with Crippen LogP contribution in [0.25, 0.3) is 0 Å². The van der Waals surface area contributed by atoms with E-state index in [0.29, 0.717) is 11.5 Å². The second kappa shape index (κ2) is 7.28. The number of nitrogens with one attached hydrogen (secondary N) is 1. The molecule has 0 spiro atoms. The van der Waals surface area contributed by atoms with Crippen molar-refractivity contribution in [1.29, 1.82) is 0 Å². The molecule has 1 aromatic rings. The summed E-state index contributed by atoms with van der Waals surface area (Å²) in [5.41, 5.74) is 0.701. The van der Waals surface area contributed by atoms with Crippen molar-refractivity contribution in [2.24, 2.45) is 5.92 Å². The second-order valence-corrected chi connectivity index (χ2v) is 7.08. The predicted molar refractivity (Wildman–Crippen MR) is 91.8 cm³/mol. The molecule has 0 radical (unpaired) electrons. The average Bonchev–Trinajstić information content (AvgIpc) is 2.28. The van der Waals surface area contributed by atoms with Gasteiger partial charge in [-0.15, -0.1) is 0 Å². The van der Waals surface area contributed by atoms with Crippen LogP contribution in [0.5, 0.6) is 0 Å². The number of alkyl halides is 1. The number of carbonyl (C=O) groups excluding carboxylic acids is 1. The van der Waals surface area contributed by atoms with Crippen LogP contribution in [0, 0.1) is 9.49 Å². The number of carbonyl (C=O) groups is 1. The fourth-order valence-electron chi connectivity index (χ4n) is 1.30. The topological polar surface area (TPSA) is 29.1 Å². The van der Waals surface area contributed by atoms with Crippen molar-refractivity contribution in [3.05, 3.63) is 31.8 Å². The molecule has 1 rings (SSSR count). The van der Waals surface area contributed by atoms with E-state index in [1.165, 1.54) is 0 Å². The highest BCUT2D eigenvalue weighted by molar-refractivity contribution is 14.1. The van der Waals surface area contributed by atoms with Crippen LogP contribution in [0.15, 0.2) is 22.7 Å². The van der Waals surface area contributed by atoms with Crippen LogP contribution in [0.4, 0.5) is 0 Å². The summed E-state index contributed by atoms with van der Waals surface area (Å²) in [5.74, 6) is 0.433. The minimum Gasteiger partial charge on any atom is -0.348 e. The Bertz CT molecular complexity index is 409. The van der Waals surface area contributed by atoms with Gasteiger partial charge < -0.3 is 5.32 Å². The Morgan fingerprint density at radius 1 is 1.47 bits per heavy atom. The van der Waals surface area contributed by atoms with Gasteiger partial charge in [0.1, 0.15) is 0 Å². The maximum Gasteiger partial charge on any atom is 0.252 e. The lowest BCUT2D eigenvalue weighted by molar-refractivity contribution is 0.0931. The normalized spacial score (nSPS) is 12.6. The molecular weight excluding hydrogens is 508 g/mol. The summed E-state index contributed by atoms with van der Waals surface area (Å²) in [6, 6.07) is 5.99. The molecule has 1 unspecified atom stereocenters. The third-order valence-electron chi connectivity index (χ3n) is 2.46. The Labute approximate surface area is 138 Å². The quantitative estimate of drug-likeness (QED) is 0.466. The fourth-order valence-corrected chi connectivity index (χ4v) is 3.46. The second-order valence-electron chi connectivity index (χ2n) is 4.10. The van der Waals surface area contributed by atoms with Gasteiger partial charge in [-0.3, -0.25) is 4.79 Å². The summed E-state index contributed by atoms with van der Waals surface area (Å²) >= 11 is 7.93. The summed E-state index contributed by atoms with van der Waals surface area (Å²) in [4.78, 5) is 12.1. The lowest BCUT2D eigenvalue weighted by Crippen LogP contribution is -2.39. The number of benzene rings is 1. The summed E-state index contributed by atoms with van der Waals surface area (Å²) in [6.07, 6.45) is 0. The van der Waals surface area contributed by atoms with Gasteiger partial charge in [-0.25, -0.2) is 0 Å². The van der Waals surface area contributed by atoms with Gasteiger partial charge in [0.15, 0.2) is 0 Å². The third-order valence-corrected chi connectivity index (χ3v) is 4.77. The van der Waals surface area contributed by atoms with Gasteiger partial charge in [0.2, 0.25) is 0 Å². The Morgan fingerprint density at radius 2 is 2.12 bits per heavy atom. The van der Waals surface area contributed by atoms with Crippen LogP contribution in [0.2, 0.25) is 0 Å². The van der Waals surface area contributed by atoms with Gasteiger partial charge in [-0.2, -0.15) is 0 Å². The van der Waals surface area contributed by atoms with Crippen molar-refractivity contribution < 1.29 is 4.79 Å². The van der Waals surface area contributed by atoms with E-state index in [9.17, 15) is 4.79 Å². The van der Waals surface area contributed by atoms with Gasteiger partial charge in [0.25, 0.3) is 5.91 Å². The lowest BCUT2D eigenvalue weighted by Gasteiger charge is -2.20. The molecular formula is C12H14BrI2NO. The largest absolute Gasteiger partial charge is 0.348 e. The number of hydrogen-bond acceptors (Lipinski definition) is 1. The molecule has 2 nitrogen and oxygen atoms in total. The molecule has 0 aliphatic heterocycles. The molecule has 0 saturated heterocycles. The molecule has 1 amide bonds. The van der Waals surface area contributed by atoms with E-state index in [1.54, 1.807) is 0 Å². The highest BCUT2D eigenvalue weighted by atomic mass is 127. The highest BCUT2D eigenvalue weighted by Gasteiger charge is 2.17. The molecule has 1 aromatic carbocycles. The Kier molecular flexibility index (Phi) is 6.71. The predicted octanol–water partition coefficient (Wildman–Crippen LogP) is 4.24. The average molecular weight is 522 g/mol. The standard InChI is InChI=1S/C12H14BrI2NO/c1-7(2)11(6-14)16-12(17)9-5-8(15)3-4-10(9)13/h3-5,7,11H,6H2,1-2H3,(H,16,17). The van der Waals surface area contributed by atoms with Crippen LogP contribution in [0.1, 0.15) is 24.2 Å². The molecule has 0 aromatic heterocycles. The number of amides is 1. The van der Waals surface area contributed by atoms with Crippen molar-refractivity contribution >= 4 is 67.0 Å². The van der Waals surface area contributed by atoms with Crippen molar-refractivity contribution in [3.63, 3.8) is 0 Å². The first-order chi connectivity index (χ1) is 7.95. The maximum atomic E-state index is 12.1. The number of rotatable bonds is 4. The number of halogens is 3. The molecule has 1 N–H and O–H groups in total. The lowest BCUT2D eigenvalue weighted by atomic mass is 10.1. The zero-order chi connectivity index (χ0) is 13.0. The van der Waals surface area contributed by atoms with Crippen LogP contribution in [0.3, 0.4) is 0 Å². The molecule has 17 heavy (non-hydrogen) atoms. The zero-order valence-electron chi connectivity index (χ0n) is 9.64. The summed E-state index contributed by atoms with van der Waals surface area (Å²) in [7, 11) is 0. The SMILES string of the molecule is CC(C)C(CI)NC(=O)c1cc(I)ccc1Br. The van der Waals surface area contributed by atoms with Crippen molar-refractivity contribution in [2.75, 3.05) is 4.43 Å². The van der Waals surface area contributed by atoms with Gasteiger partial charge >= 0.3 is 0 Å². The monoisotopic (exact) mass is 521 g/mol. The summed E-state index contributed by atoms with van der Waals surface area (Å²) in [5, 5.41) is 3.07. The van der Waals surface area contributed by atoms with Crippen molar-refractivity contribution in [3.8, 4) is 0 Å². The molecule has 0 heterocycles. The summed E-state index contributed by atoms with van der Waals surface area (Å²) in [6.45, 7) is 4.24. The van der Waals surface area contributed by atoms with Crippen LogP contribution < -0.4 is 5.32 Å². The molecule has 0 saturated carbocycles. The van der Waals surface area contributed by atoms with Crippen LogP contribution in [-0.2, 0) is 0 Å². The highest BCUT2D eigenvalue weighted by Crippen LogP contribution is 2.20. The summed E-state index contributed by atoms with van der Waals surface area (Å²) < 4.78 is 2.82. The minimum atomic E-state index is -0.00856. The molecule has 0 fully saturated rings. The van der Waals surface area contributed by atoms with Crippen molar-refractivity contribution in [1.82, 2.24) is 5.32 Å². The van der Waals surface area contributed by atoms with E-state index < -0.39 is 0 Å². The first-order valence-electron chi connectivity index (χ1n) is 5.27. The van der Waals surface area contributed by atoms with Crippen LogP contribution >= 0.6 is 61.1 Å². The van der Waals surface area contributed by atoms with Crippen LogP contribution in [-0.4, -0.2) is 16.4 Å². The van der Waals surface area contributed by atoms with E-state index in [-0.39, 0.29) is 11.9 Å². The molecule has 5 heteroatoms. The number of hydrogen-bond donors (Lipinski definition) is 1. The first kappa shape index (κ1) is 15.7. The molecule has 0 aliphatic carbocycles. The van der Waals surface area contributed by atoms with E-state index in [0.717, 1.165) is 12.5 Å². The van der Waals surface area contributed by atoms with E-state index in [4.69, 9.17) is 0 Å². The van der Waals surface area contributed by atoms with Gasteiger partial charge in [-0.05, 0) is 62.6 Å². The van der Waals surface area contributed by atoms with Crippen molar-refractivity contribution in [2.45, 2.75) is 19.9 Å². The zero-order valence-corrected chi connectivity index (χ0v) is 15.5. The Balaban J connectivity index is 2.86. The molecule has 1 atom stereocenters. The Hall–Kier alpha value is 0.630. The molecule has 0 aliphatic rings. The van der Waals surface area contributed by atoms with E-state index in [1.807, 2.05) is 18.2 Å². The van der Waals surface area contributed by atoms with Gasteiger partial charge in [-0.1, -0.05) is 36.4 Å². The first-order valence-corrected chi connectivity index (χ1v) is 8.67. The van der Waals surface area contributed by atoms with Gasteiger partial charge in [0, 0.05) is 18.5 Å². The molecule has 0 bridgehead atoms. The van der Waals surface area contributed by atoms with E-state index in [2.05, 4.69) is 80.3 Å². The minimum absolute atomic E-state index is 0.00856. The van der Waals surface area contributed by atoms with Gasteiger partial charge in [0.05, 0.1) is 5.56 Å². The Morgan fingerprint density at radius 3 is 2.65 bits per heavy atom. The van der Waals surface area contributed by atoms with E-state index >= 15 is 0 Å². The third kappa shape index (κ3) is 4.66. The smallest absolute Gasteiger partial charge is 0.252 e. The molecule has 94 valence electrons.